The van der Waals surface area contributed by atoms with Gasteiger partial charge in [-0.1, -0.05) is 49.2 Å². The smallest absolute Gasteiger partial charge is 0.451 e. The van der Waals surface area contributed by atoms with Crippen LogP contribution in [0, 0.1) is 0 Å². The van der Waals surface area contributed by atoms with Crippen LogP contribution in [0.4, 0.5) is 0 Å². The first-order valence-corrected chi connectivity index (χ1v) is 9.28. The highest BCUT2D eigenvalue weighted by molar-refractivity contribution is 6.40. The molecule has 0 aliphatic carbocycles. The molecule has 6 nitrogen and oxygen atoms in total. The summed E-state index contributed by atoms with van der Waals surface area (Å²) >= 11 is 0. The number of hydrogen-bond acceptors (Lipinski definition) is 5. The molecule has 0 saturated heterocycles. The zero-order chi connectivity index (χ0) is 19.0. The van der Waals surface area contributed by atoms with Crippen LogP contribution in [0.15, 0.2) is 36.4 Å². The average molecular weight is 360 g/mol. The molecule has 0 bridgehead atoms. The molecule has 26 heavy (non-hydrogen) atoms. The molecule has 6 N–H and O–H groups in total. The van der Waals surface area contributed by atoms with Crippen LogP contribution in [0.25, 0.3) is 5.57 Å². The fourth-order valence-corrected chi connectivity index (χ4v) is 3.37. The van der Waals surface area contributed by atoms with E-state index >= 15 is 0 Å². The van der Waals surface area contributed by atoms with E-state index in [2.05, 4.69) is 23.5 Å². The predicted octanol–water partition coefficient (Wildman–Crippen LogP) is 1.64. The Bertz CT molecular complexity index is 609. The van der Waals surface area contributed by atoms with E-state index in [0.717, 1.165) is 13.0 Å². The molecular formula is C19H29BN2O4. The van der Waals surface area contributed by atoms with Crippen molar-refractivity contribution in [2.45, 2.75) is 56.4 Å². The lowest BCUT2D eigenvalue weighted by Gasteiger charge is -2.29. The molecule has 0 aromatic heterocycles. The average Bonchev–Trinajstić information content (AvgIpc) is 2.64. The summed E-state index contributed by atoms with van der Waals surface area (Å²) in [4.78, 5) is 11.6. The minimum atomic E-state index is -1.35. The van der Waals surface area contributed by atoms with Crippen LogP contribution in [-0.2, 0) is 4.79 Å². The van der Waals surface area contributed by atoms with Gasteiger partial charge < -0.3 is 26.2 Å². The van der Waals surface area contributed by atoms with Gasteiger partial charge in [-0.3, -0.25) is 4.79 Å². The Kier molecular flexibility index (Phi) is 7.84. The summed E-state index contributed by atoms with van der Waals surface area (Å²) in [6.07, 6.45) is 5.84. The number of rotatable bonds is 10. The van der Waals surface area contributed by atoms with Crippen LogP contribution in [0.5, 0.6) is 0 Å². The van der Waals surface area contributed by atoms with Crippen LogP contribution in [0.3, 0.4) is 0 Å². The quantitative estimate of drug-likeness (QED) is 0.320. The molecule has 0 saturated carbocycles. The number of nitrogens with one attached hydrogen (secondary N) is 1. The molecule has 1 heterocycles. The van der Waals surface area contributed by atoms with Gasteiger partial charge in [-0.15, -0.1) is 0 Å². The molecule has 0 radical (unpaired) electrons. The topological polar surface area (TPSA) is 116 Å². The third-order valence-corrected chi connectivity index (χ3v) is 5.01. The Morgan fingerprint density at radius 3 is 2.62 bits per heavy atom. The van der Waals surface area contributed by atoms with Gasteiger partial charge in [-0.2, -0.15) is 0 Å². The molecule has 2 atom stereocenters. The van der Waals surface area contributed by atoms with Crippen molar-refractivity contribution < 1.29 is 19.9 Å². The Morgan fingerprint density at radius 2 is 1.96 bits per heavy atom. The Balaban J connectivity index is 1.92. The molecule has 142 valence electrons. The normalized spacial score (nSPS) is 19.5. The third-order valence-electron chi connectivity index (χ3n) is 5.01. The van der Waals surface area contributed by atoms with Gasteiger partial charge in [0.25, 0.3) is 0 Å². The molecule has 0 spiro atoms. The highest BCUT2D eigenvalue weighted by Crippen LogP contribution is 2.25. The van der Waals surface area contributed by atoms with Crippen molar-refractivity contribution in [1.29, 1.82) is 0 Å². The largest absolute Gasteiger partial charge is 0.480 e. The Hall–Kier alpha value is -1.67. The molecule has 1 aromatic rings. The number of carboxylic acids is 1. The minimum absolute atomic E-state index is 0.112. The highest BCUT2D eigenvalue weighted by Gasteiger charge is 2.34. The minimum Gasteiger partial charge on any atom is -0.480 e. The van der Waals surface area contributed by atoms with Crippen molar-refractivity contribution in [2.75, 3.05) is 6.54 Å². The van der Waals surface area contributed by atoms with Gasteiger partial charge >= 0.3 is 13.1 Å². The molecule has 1 aliphatic heterocycles. The van der Waals surface area contributed by atoms with E-state index in [4.69, 9.17) is 15.8 Å². The number of carbonyl (C=O) groups is 1. The fourth-order valence-electron chi connectivity index (χ4n) is 3.37. The van der Waals surface area contributed by atoms with E-state index in [1.54, 1.807) is 0 Å². The van der Waals surface area contributed by atoms with Gasteiger partial charge in [0.15, 0.2) is 0 Å². The molecule has 7 heteroatoms. The van der Waals surface area contributed by atoms with Gasteiger partial charge in [0.05, 0.1) is 0 Å². The van der Waals surface area contributed by atoms with E-state index in [-0.39, 0.29) is 12.4 Å². The van der Waals surface area contributed by atoms with Crippen molar-refractivity contribution in [3.63, 3.8) is 0 Å². The lowest BCUT2D eigenvalue weighted by Crippen LogP contribution is -2.49. The van der Waals surface area contributed by atoms with Gasteiger partial charge in [0, 0.05) is 6.04 Å². The summed E-state index contributed by atoms with van der Waals surface area (Å²) in [5.74, 6) is -0.995. The standard InChI is InChI=1S/C19H29BN2O4/c21-19(18(23)24,10-4-5-12-20(25)26)11-8-17-14-16(9-13-22-17)15-6-2-1-3-7-15/h1-3,6-7,14,17,22,25-26H,4-5,8-13,21H2,(H,23,24). The zero-order valence-electron chi connectivity index (χ0n) is 15.1. The second-order valence-electron chi connectivity index (χ2n) is 7.09. The zero-order valence-corrected chi connectivity index (χ0v) is 15.1. The first-order valence-electron chi connectivity index (χ1n) is 9.28. The molecule has 2 rings (SSSR count). The number of carboxylic acid groups (broad SMARTS) is 1. The van der Waals surface area contributed by atoms with Crippen LogP contribution in [-0.4, -0.2) is 46.4 Å². The Morgan fingerprint density at radius 1 is 1.23 bits per heavy atom. The number of unbranched alkanes of at least 4 members (excludes halogenated alkanes) is 1. The molecule has 1 aliphatic rings. The summed E-state index contributed by atoms with van der Waals surface area (Å²) in [6, 6.07) is 10.3. The second kappa shape index (κ2) is 9.87. The van der Waals surface area contributed by atoms with E-state index in [0.29, 0.717) is 32.1 Å². The van der Waals surface area contributed by atoms with Crippen molar-refractivity contribution in [3.05, 3.63) is 42.0 Å². The lowest BCUT2D eigenvalue weighted by atomic mass is 9.81. The monoisotopic (exact) mass is 360 g/mol. The first kappa shape index (κ1) is 20.6. The molecular weight excluding hydrogens is 331 g/mol. The van der Waals surface area contributed by atoms with Crippen molar-refractivity contribution >= 4 is 18.7 Å². The van der Waals surface area contributed by atoms with Crippen molar-refractivity contribution in [2.24, 2.45) is 5.73 Å². The van der Waals surface area contributed by atoms with Crippen molar-refractivity contribution in [3.8, 4) is 0 Å². The fraction of sp³-hybridized carbons (Fsp3) is 0.526. The third kappa shape index (κ3) is 6.25. The van der Waals surface area contributed by atoms with Crippen LogP contribution in [0.2, 0.25) is 6.32 Å². The van der Waals surface area contributed by atoms with E-state index in [1.165, 1.54) is 11.1 Å². The highest BCUT2D eigenvalue weighted by atomic mass is 16.4. The van der Waals surface area contributed by atoms with Gasteiger partial charge in [0.2, 0.25) is 0 Å². The summed E-state index contributed by atoms with van der Waals surface area (Å²) < 4.78 is 0. The molecule has 0 amide bonds. The molecule has 1 aromatic carbocycles. The number of benzene rings is 1. The van der Waals surface area contributed by atoms with E-state index < -0.39 is 18.6 Å². The summed E-state index contributed by atoms with van der Waals surface area (Å²) in [5, 5.41) is 30.7. The molecule has 0 fully saturated rings. The summed E-state index contributed by atoms with van der Waals surface area (Å²) in [7, 11) is -1.35. The summed E-state index contributed by atoms with van der Waals surface area (Å²) in [6.45, 7) is 0.866. The van der Waals surface area contributed by atoms with Crippen LogP contribution >= 0.6 is 0 Å². The van der Waals surface area contributed by atoms with Crippen molar-refractivity contribution in [1.82, 2.24) is 5.32 Å². The SMILES string of the molecule is NC(CCCCB(O)O)(CCC1C=C(c2ccccc2)CCN1)C(=O)O. The van der Waals surface area contributed by atoms with E-state index in [9.17, 15) is 9.90 Å². The number of nitrogens with two attached hydrogens (primary N) is 1. The first-order chi connectivity index (χ1) is 12.4. The predicted molar refractivity (Wildman–Crippen MR) is 103 cm³/mol. The van der Waals surface area contributed by atoms with Crippen LogP contribution in [0.1, 0.15) is 44.1 Å². The maximum Gasteiger partial charge on any atom is 0.451 e. The lowest BCUT2D eigenvalue weighted by molar-refractivity contribution is -0.144. The van der Waals surface area contributed by atoms with E-state index in [1.807, 2.05) is 18.2 Å². The van der Waals surface area contributed by atoms with Crippen LogP contribution < -0.4 is 11.1 Å². The maximum atomic E-state index is 11.6. The summed E-state index contributed by atoms with van der Waals surface area (Å²) in [5.41, 5.74) is 7.36. The molecule has 2 unspecified atom stereocenters. The second-order valence-corrected chi connectivity index (χ2v) is 7.09. The number of aliphatic carboxylic acids is 1. The van der Waals surface area contributed by atoms with Gasteiger partial charge in [-0.05, 0) is 49.7 Å². The maximum absolute atomic E-state index is 11.6. The van der Waals surface area contributed by atoms with Gasteiger partial charge in [-0.25, -0.2) is 0 Å². The van der Waals surface area contributed by atoms with Gasteiger partial charge in [0.1, 0.15) is 5.54 Å². The number of hydrogen-bond donors (Lipinski definition) is 5. The Labute approximate surface area is 155 Å².